The molecule has 0 saturated heterocycles. The van der Waals surface area contributed by atoms with E-state index in [0.717, 1.165) is 11.1 Å². The van der Waals surface area contributed by atoms with Crippen LogP contribution in [0.3, 0.4) is 0 Å². The van der Waals surface area contributed by atoms with Crippen molar-refractivity contribution in [3.05, 3.63) is 48.5 Å². The molecule has 4 nitrogen and oxygen atoms in total. The summed E-state index contributed by atoms with van der Waals surface area (Å²) in [7, 11) is 0. The van der Waals surface area contributed by atoms with Crippen molar-refractivity contribution in [2.45, 2.75) is 13.8 Å². The summed E-state index contributed by atoms with van der Waals surface area (Å²) in [5, 5.41) is 0. The SMILES string of the molecule is CCN(CC)C(=O)c1cccc(-c2cncnc2)c1. The Labute approximate surface area is 113 Å². The maximum absolute atomic E-state index is 12.3. The van der Waals surface area contributed by atoms with E-state index in [0.29, 0.717) is 18.7 Å². The van der Waals surface area contributed by atoms with Gasteiger partial charge in [0.1, 0.15) is 6.33 Å². The molecule has 0 bridgehead atoms. The van der Waals surface area contributed by atoms with Crippen molar-refractivity contribution < 1.29 is 4.79 Å². The summed E-state index contributed by atoms with van der Waals surface area (Å²) in [6.07, 6.45) is 4.98. The van der Waals surface area contributed by atoms with E-state index >= 15 is 0 Å². The second-order valence-corrected chi connectivity index (χ2v) is 4.19. The van der Waals surface area contributed by atoms with Crippen LogP contribution in [0.4, 0.5) is 0 Å². The van der Waals surface area contributed by atoms with Gasteiger partial charge in [-0.3, -0.25) is 4.79 Å². The summed E-state index contributed by atoms with van der Waals surface area (Å²) in [5.74, 6) is 0.0590. The van der Waals surface area contributed by atoms with Crippen molar-refractivity contribution in [3.8, 4) is 11.1 Å². The largest absolute Gasteiger partial charge is 0.339 e. The molecule has 0 saturated carbocycles. The van der Waals surface area contributed by atoms with Crippen LogP contribution in [0.2, 0.25) is 0 Å². The zero-order valence-electron chi connectivity index (χ0n) is 11.2. The van der Waals surface area contributed by atoms with Crippen LogP contribution in [0.5, 0.6) is 0 Å². The normalized spacial score (nSPS) is 10.2. The molecule has 1 aromatic carbocycles. The fourth-order valence-corrected chi connectivity index (χ4v) is 1.97. The van der Waals surface area contributed by atoms with E-state index in [1.165, 1.54) is 6.33 Å². The van der Waals surface area contributed by atoms with Crippen molar-refractivity contribution in [3.63, 3.8) is 0 Å². The number of hydrogen-bond acceptors (Lipinski definition) is 3. The van der Waals surface area contributed by atoms with E-state index in [9.17, 15) is 4.79 Å². The summed E-state index contributed by atoms with van der Waals surface area (Å²) in [6, 6.07) is 7.57. The predicted octanol–water partition coefficient (Wildman–Crippen LogP) is 2.63. The molecule has 0 fully saturated rings. The highest BCUT2D eigenvalue weighted by Crippen LogP contribution is 2.19. The number of carbonyl (C=O) groups is 1. The first-order chi connectivity index (χ1) is 9.26. The second-order valence-electron chi connectivity index (χ2n) is 4.19. The van der Waals surface area contributed by atoms with E-state index < -0.39 is 0 Å². The Balaban J connectivity index is 2.32. The lowest BCUT2D eigenvalue weighted by molar-refractivity contribution is 0.0773. The molecule has 0 aliphatic rings. The Morgan fingerprint density at radius 3 is 2.42 bits per heavy atom. The number of hydrogen-bond donors (Lipinski definition) is 0. The molecule has 4 heteroatoms. The minimum absolute atomic E-state index is 0.0590. The molecule has 2 aromatic rings. The van der Waals surface area contributed by atoms with Crippen LogP contribution >= 0.6 is 0 Å². The smallest absolute Gasteiger partial charge is 0.253 e. The van der Waals surface area contributed by atoms with E-state index in [4.69, 9.17) is 0 Å². The number of benzene rings is 1. The van der Waals surface area contributed by atoms with E-state index in [2.05, 4.69) is 9.97 Å². The van der Waals surface area contributed by atoms with Crippen molar-refractivity contribution >= 4 is 5.91 Å². The van der Waals surface area contributed by atoms with Crippen LogP contribution in [0.15, 0.2) is 43.0 Å². The van der Waals surface area contributed by atoms with Crippen LogP contribution in [0, 0.1) is 0 Å². The molecule has 0 radical (unpaired) electrons. The lowest BCUT2D eigenvalue weighted by Crippen LogP contribution is -2.30. The average Bonchev–Trinajstić information content (AvgIpc) is 2.49. The quantitative estimate of drug-likeness (QED) is 0.843. The van der Waals surface area contributed by atoms with Crippen LogP contribution in [0.1, 0.15) is 24.2 Å². The van der Waals surface area contributed by atoms with E-state index in [1.54, 1.807) is 17.3 Å². The summed E-state index contributed by atoms with van der Waals surface area (Å²) < 4.78 is 0. The van der Waals surface area contributed by atoms with Crippen LogP contribution in [-0.2, 0) is 0 Å². The maximum Gasteiger partial charge on any atom is 0.253 e. The highest BCUT2D eigenvalue weighted by atomic mass is 16.2. The predicted molar refractivity (Wildman–Crippen MR) is 74.7 cm³/mol. The van der Waals surface area contributed by atoms with Gasteiger partial charge in [0.25, 0.3) is 5.91 Å². The number of nitrogens with zero attached hydrogens (tertiary/aromatic N) is 3. The molecule has 2 rings (SSSR count). The Morgan fingerprint density at radius 2 is 1.79 bits per heavy atom. The van der Waals surface area contributed by atoms with E-state index in [1.807, 2.05) is 38.1 Å². The molecule has 1 aromatic heterocycles. The molecule has 0 atom stereocenters. The molecule has 0 aliphatic heterocycles. The van der Waals surface area contributed by atoms with Crippen LogP contribution in [0.25, 0.3) is 11.1 Å². The van der Waals surface area contributed by atoms with Gasteiger partial charge in [0.15, 0.2) is 0 Å². The van der Waals surface area contributed by atoms with Gasteiger partial charge in [-0.25, -0.2) is 9.97 Å². The zero-order chi connectivity index (χ0) is 13.7. The molecular formula is C15H17N3O. The Hall–Kier alpha value is -2.23. The Kier molecular flexibility index (Phi) is 4.23. The number of amides is 1. The van der Waals surface area contributed by atoms with Gasteiger partial charge in [-0.1, -0.05) is 12.1 Å². The first-order valence-corrected chi connectivity index (χ1v) is 6.41. The minimum Gasteiger partial charge on any atom is -0.339 e. The molecule has 0 spiro atoms. The second kappa shape index (κ2) is 6.09. The van der Waals surface area contributed by atoms with Crippen LogP contribution in [-0.4, -0.2) is 33.9 Å². The molecule has 1 amide bonds. The lowest BCUT2D eigenvalue weighted by Gasteiger charge is -2.18. The summed E-state index contributed by atoms with van der Waals surface area (Å²) in [4.78, 5) is 22.1. The van der Waals surface area contributed by atoms with Gasteiger partial charge in [-0.15, -0.1) is 0 Å². The standard InChI is InChI=1S/C15H17N3O/c1-3-18(4-2)15(19)13-7-5-6-12(8-13)14-9-16-11-17-10-14/h5-11H,3-4H2,1-2H3. The van der Waals surface area contributed by atoms with Gasteiger partial charge in [0.05, 0.1) is 0 Å². The molecule has 98 valence electrons. The fraction of sp³-hybridized carbons (Fsp3) is 0.267. The minimum atomic E-state index is 0.0590. The Bertz CT molecular complexity index is 550. The summed E-state index contributed by atoms with van der Waals surface area (Å²) >= 11 is 0. The van der Waals surface area contributed by atoms with Gasteiger partial charge >= 0.3 is 0 Å². The molecular weight excluding hydrogens is 238 g/mol. The monoisotopic (exact) mass is 255 g/mol. The summed E-state index contributed by atoms with van der Waals surface area (Å²) in [6.45, 7) is 5.40. The molecule has 1 heterocycles. The third kappa shape index (κ3) is 2.96. The van der Waals surface area contributed by atoms with Crippen molar-refractivity contribution in [1.82, 2.24) is 14.9 Å². The molecule has 19 heavy (non-hydrogen) atoms. The van der Waals surface area contributed by atoms with Gasteiger partial charge in [-0.2, -0.15) is 0 Å². The molecule has 0 N–H and O–H groups in total. The van der Waals surface area contributed by atoms with Crippen molar-refractivity contribution in [1.29, 1.82) is 0 Å². The molecule has 0 aliphatic carbocycles. The third-order valence-electron chi connectivity index (χ3n) is 3.05. The lowest BCUT2D eigenvalue weighted by atomic mass is 10.1. The summed E-state index contributed by atoms with van der Waals surface area (Å²) in [5.41, 5.74) is 2.57. The van der Waals surface area contributed by atoms with Crippen molar-refractivity contribution in [2.75, 3.05) is 13.1 Å². The number of rotatable bonds is 4. The third-order valence-corrected chi connectivity index (χ3v) is 3.05. The van der Waals surface area contributed by atoms with Gasteiger partial charge in [0, 0.05) is 36.6 Å². The first-order valence-electron chi connectivity index (χ1n) is 6.41. The maximum atomic E-state index is 12.3. The van der Waals surface area contributed by atoms with Crippen molar-refractivity contribution in [2.24, 2.45) is 0 Å². The zero-order valence-corrected chi connectivity index (χ0v) is 11.2. The first kappa shape index (κ1) is 13.2. The Morgan fingerprint density at radius 1 is 1.11 bits per heavy atom. The average molecular weight is 255 g/mol. The highest BCUT2D eigenvalue weighted by Gasteiger charge is 2.12. The highest BCUT2D eigenvalue weighted by molar-refractivity contribution is 5.95. The molecule has 0 unspecified atom stereocenters. The van der Waals surface area contributed by atoms with Gasteiger partial charge < -0.3 is 4.90 Å². The number of carbonyl (C=O) groups excluding carboxylic acids is 1. The van der Waals surface area contributed by atoms with Gasteiger partial charge in [0.2, 0.25) is 0 Å². The fourth-order valence-electron chi connectivity index (χ4n) is 1.97. The topological polar surface area (TPSA) is 46.1 Å². The van der Waals surface area contributed by atoms with E-state index in [-0.39, 0.29) is 5.91 Å². The van der Waals surface area contributed by atoms with Gasteiger partial charge in [-0.05, 0) is 31.5 Å². The number of aromatic nitrogens is 2. The van der Waals surface area contributed by atoms with Crippen LogP contribution < -0.4 is 0 Å².